The first-order chi connectivity index (χ1) is 6.10. The normalized spacial score (nSPS) is 26.5. The van der Waals surface area contributed by atoms with Gasteiger partial charge in [-0.3, -0.25) is 10.4 Å². The minimum absolute atomic E-state index is 0.380. The Morgan fingerprint density at radius 2 is 2.31 bits per heavy atom. The number of hydrazine groups is 1. The molecule has 0 amide bonds. The summed E-state index contributed by atoms with van der Waals surface area (Å²) in [5.41, 5.74) is 2.96. The van der Waals surface area contributed by atoms with Crippen molar-refractivity contribution in [3.63, 3.8) is 0 Å². The molecular weight excluding hydrogens is 164 g/mol. The van der Waals surface area contributed by atoms with E-state index < -0.39 is 0 Å². The molecule has 4 N–H and O–H groups in total. The highest BCUT2D eigenvalue weighted by Gasteiger charge is 2.38. The van der Waals surface area contributed by atoms with Crippen LogP contribution in [0.1, 0.15) is 33.6 Å². The second-order valence-electron chi connectivity index (χ2n) is 4.19. The summed E-state index contributed by atoms with van der Waals surface area (Å²) in [5, 5.41) is 3.31. The molecule has 1 atom stereocenters. The second kappa shape index (κ2) is 3.96. The zero-order valence-electron chi connectivity index (χ0n) is 8.72. The fourth-order valence-electron chi connectivity index (χ4n) is 1.59. The predicted octanol–water partition coefficient (Wildman–Crippen LogP) is 0.604. The van der Waals surface area contributed by atoms with Crippen LogP contribution in [-0.2, 0) is 0 Å². The molecule has 0 bridgehead atoms. The number of nitrogens with two attached hydrogens (primary N) is 1. The van der Waals surface area contributed by atoms with E-state index in [4.69, 9.17) is 5.84 Å². The van der Waals surface area contributed by atoms with E-state index in [0.717, 1.165) is 6.54 Å². The van der Waals surface area contributed by atoms with Gasteiger partial charge in [0.2, 0.25) is 5.96 Å². The third-order valence-corrected chi connectivity index (χ3v) is 2.78. The molecule has 0 aromatic rings. The molecule has 76 valence electrons. The maximum absolute atomic E-state index is 5.33. The highest BCUT2D eigenvalue weighted by Crippen LogP contribution is 2.39. The van der Waals surface area contributed by atoms with Crippen molar-refractivity contribution in [1.29, 1.82) is 0 Å². The Balaban J connectivity index is 2.43. The monoisotopic (exact) mass is 184 g/mol. The number of aliphatic imine (C=N–C) groups is 1. The van der Waals surface area contributed by atoms with Gasteiger partial charge in [-0.2, -0.15) is 0 Å². The summed E-state index contributed by atoms with van der Waals surface area (Å²) in [6, 6.07) is 0.508. The van der Waals surface area contributed by atoms with Crippen LogP contribution in [0.2, 0.25) is 0 Å². The van der Waals surface area contributed by atoms with Crippen LogP contribution in [0.4, 0.5) is 0 Å². The maximum atomic E-state index is 5.33. The lowest BCUT2D eigenvalue weighted by Gasteiger charge is -2.45. The van der Waals surface area contributed by atoms with Gasteiger partial charge in [0.05, 0.1) is 0 Å². The van der Waals surface area contributed by atoms with Gasteiger partial charge in [-0.15, -0.1) is 0 Å². The quantitative estimate of drug-likeness (QED) is 0.255. The molecule has 0 saturated heterocycles. The van der Waals surface area contributed by atoms with E-state index in [9.17, 15) is 0 Å². The summed E-state index contributed by atoms with van der Waals surface area (Å²) >= 11 is 0. The first-order valence-electron chi connectivity index (χ1n) is 4.87. The number of hydrogen-bond acceptors (Lipinski definition) is 2. The summed E-state index contributed by atoms with van der Waals surface area (Å²) in [6.45, 7) is 7.26. The zero-order valence-corrected chi connectivity index (χ0v) is 8.72. The van der Waals surface area contributed by atoms with Crippen LogP contribution in [0, 0.1) is 5.41 Å². The van der Waals surface area contributed by atoms with Crippen LogP contribution in [-0.4, -0.2) is 18.5 Å². The standard InChI is InChI=1S/C9H20N4/c1-4-11-8(13-10)12-7-5-6-9(7,2)3/h7H,4-6,10H2,1-3H3,(H2,11,12,13). The molecule has 1 aliphatic carbocycles. The average molecular weight is 184 g/mol. The molecule has 13 heavy (non-hydrogen) atoms. The summed E-state index contributed by atoms with van der Waals surface area (Å²) in [5.74, 6) is 6.04. The van der Waals surface area contributed by atoms with Crippen molar-refractivity contribution < 1.29 is 0 Å². The molecule has 1 unspecified atom stereocenters. The van der Waals surface area contributed by atoms with Gasteiger partial charge >= 0.3 is 0 Å². The van der Waals surface area contributed by atoms with Crippen molar-refractivity contribution in [3.8, 4) is 0 Å². The number of nitrogens with one attached hydrogen (secondary N) is 2. The molecular formula is C9H20N4. The third-order valence-electron chi connectivity index (χ3n) is 2.78. The highest BCUT2D eigenvalue weighted by atomic mass is 15.3. The molecule has 4 nitrogen and oxygen atoms in total. The van der Waals surface area contributed by atoms with E-state index in [1.165, 1.54) is 12.8 Å². The van der Waals surface area contributed by atoms with Crippen molar-refractivity contribution in [2.45, 2.75) is 39.7 Å². The highest BCUT2D eigenvalue weighted by molar-refractivity contribution is 5.79. The summed E-state index contributed by atoms with van der Waals surface area (Å²) in [6.07, 6.45) is 2.48. The number of nitrogens with zero attached hydrogens (tertiary/aromatic N) is 1. The van der Waals surface area contributed by atoms with Crippen molar-refractivity contribution in [1.82, 2.24) is 10.7 Å². The Bertz CT molecular complexity index is 198. The van der Waals surface area contributed by atoms with Crippen molar-refractivity contribution in [2.75, 3.05) is 6.54 Å². The van der Waals surface area contributed by atoms with E-state index in [1.54, 1.807) is 0 Å². The van der Waals surface area contributed by atoms with Gasteiger partial charge < -0.3 is 5.32 Å². The molecule has 1 fully saturated rings. The van der Waals surface area contributed by atoms with E-state index in [1.807, 2.05) is 6.92 Å². The van der Waals surface area contributed by atoms with Crippen molar-refractivity contribution >= 4 is 5.96 Å². The molecule has 1 rings (SSSR count). The van der Waals surface area contributed by atoms with Crippen molar-refractivity contribution in [2.24, 2.45) is 16.3 Å². The zero-order chi connectivity index (χ0) is 9.90. The summed E-state index contributed by atoms with van der Waals surface area (Å²) in [7, 11) is 0. The van der Waals surface area contributed by atoms with Crippen LogP contribution in [0.3, 0.4) is 0 Å². The summed E-state index contributed by atoms with van der Waals surface area (Å²) in [4.78, 5) is 4.20. The summed E-state index contributed by atoms with van der Waals surface area (Å²) < 4.78 is 0. The molecule has 1 saturated carbocycles. The molecule has 0 aromatic carbocycles. The molecule has 0 spiro atoms. The fourth-order valence-corrected chi connectivity index (χ4v) is 1.59. The number of rotatable bonds is 2. The molecule has 1 aliphatic rings. The molecule has 0 heterocycles. The fraction of sp³-hybridized carbons (Fsp3) is 0.889. The van der Waals surface area contributed by atoms with Crippen LogP contribution in [0.5, 0.6) is 0 Å². The Morgan fingerprint density at radius 1 is 1.62 bits per heavy atom. The molecule has 0 aromatic heterocycles. The Labute approximate surface area is 80.0 Å². The third kappa shape index (κ3) is 2.34. The van der Waals surface area contributed by atoms with E-state index in [-0.39, 0.29) is 0 Å². The van der Waals surface area contributed by atoms with Gasteiger partial charge in [-0.05, 0) is 25.2 Å². The van der Waals surface area contributed by atoms with Gasteiger partial charge in [0, 0.05) is 12.6 Å². The van der Waals surface area contributed by atoms with Gasteiger partial charge in [-0.1, -0.05) is 13.8 Å². The number of guanidine groups is 1. The molecule has 0 radical (unpaired) electrons. The van der Waals surface area contributed by atoms with Gasteiger partial charge in [0.25, 0.3) is 0 Å². The Morgan fingerprint density at radius 3 is 2.62 bits per heavy atom. The first-order valence-corrected chi connectivity index (χ1v) is 4.87. The second-order valence-corrected chi connectivity index (χ2v) is 4.19. The predicted molar refractivity (Wildman–Crippen MR) is 55.2 cm³/mol. The number of hydrogen-bond donors (Lipinski definition) is 3. The smallest absolute Gasteiger partial charge is 0.205 e. The minimum atomic E-state index is 0.380. The van der Waals surface area contributed by atoms with Gasteiger partial charge in [0.1, 0.15) is 0 Å². The van der Waals surface area contributed by atoms with Crippen LogP contribution >= 0.6 is 0 Å². The maximum Gasteiger partial charge on any atom is 0.205 e. The average Bonchev–Trinajstić information content (AvgIpc) is 2.10. The lowest BCUT2D eigenvalue weighted by Crippen LogP contribution is -2.56. The van der Waals surface area contributed by atoms with E-state index in [2.05, 4.69) is 29.6 Å². The Kier molecular flexibility index (Phi) is 3.14. The Hall–Kier alpha value is -0.770. The molecule has 4 heteroatoms. The van der Waals surface area contributed by atoms with Crippen LogP contribution < -0.4 is 16.6 Å². The van der Waals surface area contributed by atoms with E-state index >= 15 is 0 Å². The van der Waals surface area contributed by atoms with Crippen LogP contribution in [0.25, 0.3) is 0 Å². The topological polar surface area (TPSA) is 62.4 Å². The van der Waals surface area contributed by atoms with E-state index in [0.29, 0.717) is 17.4 Å². The lowest BCUT2D eigenvalue weighted by molar-refractivity contribution is 0.125. The SMILES string of the molecule is CCN=C(NN)NC1CCC1(C)C. The largest absolute Gasteiger partial charge is 0.352 e. The van der Waals surface area contributed by atoms with Crippen LogP contribution in [0.15, 0.2) is 4.99 Å². The minimum Gasteiger partial charge on any atom is -0.352 e. The van der Waals surface area contributed by atoms with Gasteiger partial charge in [-0.25, -0.2) is 5.84 Å². The van der Waals surface area contributed by atoms with Gasteiger partial charge in [0.15, 0.2) is 0 Å². The lowest BCUT2D eigenvalue weighted by atomic mass is 9.67. The first kappa shape index (κ1) is 10.3. The molecule has 0 aliphatic heterocycles. The van der Waals surface area contributed by atoms with Crippen molar-refractivity contribution in [3.05, 3.63) is 0 Å².